The van der Waals surface area contributed by atoms with Gasteiger partial charge in [-0.2, -0.15) is 0 Å². The lowest BCUT2D eigenvalue weighted by Gasteiger charge is -2.26. The molecule has 0 spiro atoms. The van der Waals surface area contributed by atoms with E-state index in [0.717, 1.165) is 41.7 Å². The van der Waals surface area contributed by atoms with E-state index in [1.165, 1.54) is 0 Å². The van der Waals surface area contributed by atoms with Crippen LogP contribution in [0.2, 0.25) is 0 Å². The molecule has 3 aromatic rings. The maximum Gasteiger partial charge on any atom is 0.290 e. The van der Waals surface area contributed by atoms with Crippen molar-refractivity contribution < 1.29 is 9.21 Å². The van der Waals surface area contributed by atoms with Gasteiger partial charge in [0.25, 0.3) is 5.91 Å². The number of benzene rings is 2. The van der Waals surface area contributed by atoms with Crippen LogP contribution in [0.1, 0.15) is 53.6 Å². The van der Waals surface area contributed by atoms with Crippen molar-refractivity contribution in [3.63, 3.8) is 0 Å². The standard InChI is InChI=1S/C25H27BrN2O3/c1-4-27(5-2)13-6-14-28-22(17-9-7-16(3)8-10-17)21-23(29)19-15-18(26)11-12-20(19)31-24(21)25(28)30/h7-12,15,22H,4-6,13-14H2,1-3H3. The summed E-state index contributed by atoms with van der Waals surface area (Å²) in [7, 11) is 0. The Morgan fingerprint density at radius 3 is 2.45 bits per heavy atom. The van der Waals surface area contributed by atoms with Gasteiger partial charge in [0.05, 0.1) is 17.0 Å². The minimum atomic E-state index is -0.431. The van der Waals surface area contributed by atoms with Gasteiger partial charge >= 0.3 is 0 Å². The first-order chi connectivity index (χ1) is 14.9. The van der Waals surface area contributed by atoms with E-state index in [0.29, 0.717) is 23.1 Å². The summed E-state index contributed by atoms with van der Waals surface area (Å²) >= 11 is 3.44. The van der Waals surface area contributed by atoms with Crippen molar-refractivity contribution in [3.8, 4) is 0 Å². The highest BCUT2D eigenvalue weighted by Gasteiger charge is 2.42. The van der Waals surface area contributed by atoms with Crippen LogP contribution in [0.25, 0.3) is 11.0 Å². The number of amides is 1. The lowest BCUT2D eigenvalue weighted by atomic mass is 9.97. The van der Waals surface area contributed by atoms with Gasteiger partial charge < -0.3 is 14.2 Å². The van der Waals surface area contributed by atoms with E-state index in [1.807, 2.05) is 37.3 Å². The number of fused-ring (bicyclic) bond motifs is 2. The molecule has 5 nitrogen and oxygen atoms in total. The fraction of sp³-hybridized carbons (Fsp3) is 0.360. The molecule has 0 saturated heterocycles. The van der Waals surface area contributed by atoms with Crippen LogP contribution in [0.3, 0.4) is 0 Å². The number of rotatable bonds is 7. The molecule has 2 aromatic carbocycles. The highest BCUT2D eigenvalue weighted by Crippen LogP contribution is 2.38. The third kappa shape index (κ3) is 4.06. The number of carbonyl (C=O) groups is 1. The Kier molecular flexibility index (Phi) is 6.30. The van der Waals surface area contributed by atoms with Crippen molar-refractivity contribution in [1.82, 2.24) is 9.80 Å². The van der Waals surface area contributed by atoms with Crippen molar-refractivity contribution in [2.24, 2.45) is 0 Å². The molecule has 1 aromatic heterocycles. The van der Waals surface area contributed by atoms with E-state index in [-0.39, 0.29) is 17.1 Å². The molecule has 0 bridgehead atoms. The minimum Gasteiger partial charge on any atom is -0.450 e. The third-order valence-corrected chi connectivity index (χ3v) is 6.58. The van der Waals surface area contributed by atoms with Gasteiger partial charge in [0.1, 0.15) is 5.58 Å². The van der Waals surface area contributed by atoms with E-state index in [2.05, 4.69) is 34.7 Å². The van der Waals surface area contributed by atoms with Crippen molar-refractivity contribution in [1.29, 1.82) is 0 Å². The average molecular weight is 483 g/mol. The van der Waals surface area contributed by atoms with Crippen LogP contribution in [0.15, 0.2) is 56.1 Å². The van der Waals surface area contributed by atoms with E-state index in [9.17, 15) is 9.59 Å². The predicted molar refractivity (Wildman–Crippen MR) is 127 cm³/mol. The van der Waals surface area contributed by atoms with Crippen LogP contribution >= 0.6 is 15.9 Å². The normalized spacial score (nSPS) is 15.8. The Morgan fingerprint density at radius 2 is 1.77 bits per heavy atom. The molecule has 0 saturated carbocycles. The first-order valence-corrected chi connectivity index (χ1v) is 11.6. The number of carbonyl (C=O) groups excluding carboxylic acids is 1. The maximum atomic E-state index is 13.5. The van der Waals surface area contributed by atoms with Crippen LogP contribution < -0.4 is 5.43 Å². The first kappa shape index (κ1) is 21.8. The van der Waals surface area contributed by atoms with E-state index < -0.39 is 6.04 Å². The molecule has 31 heavy (non-hydrogen) atoms. The molecule has 6 heteroatoms. The highest BCUT2D eigenvalue weighted by atomic mass is 79.9. The summed E-state index contributed by atoms with van der Waals surface area (Å²) in [4.78, 5) is 31.1. The van der Waals surface area contributed by atoms with Gasteiger partial charge in [-0.05, 0) is 56.7 Å². The fourth-order valence-corrected chi connectivity index (χ4v) is 4.68. The summed E-state index contributed by atoms with van der Waals surface area (Å²) < 4.78 is 6.81. The van der Waals surface area contributed by atoms with Crippen molar-refractivity contribution in [2.75, 3.05) is 26.2 Å². The maximum absolute atomic E-state index is 13.5. The Bertz CT molecular complexity index is 1170. The van der Waals surface area contributed by atoms with Crippen LogP contribution in [0.4, 0.5) is 0 Å². The SMILES string of the molecule is CCN(CC)CCCN1C(=O)c2oc3ccc(Br)cc3c(=O)c2C1c1ccc(C)cc1. The molecule has 0 N–H and O–H groups in total. The first-order valence-electron chi connectivity index (χ1n) is 10.8. The van der Waals surface area contributed by atoms with E-state index in [4.69, 9.17) is 4.42 Å². The van der Waals surface area contributed by atoms with Crippen LogP contribution in [0, 0.1) is 6.92 Å². The predicted octanol–water partition coefficient (Wildman–Crippen LogP) is 5.14. The zero-order valence-electron chi connectivity index (χ0n) is 18.2. The van der Waals surface area contributed by atoms with Gasteiger partial charge in [-0.15, -0.1) is 0 Å². The van der Waals surface area contributed by atoms with E-state index in [1.54, 1.807) is 17.0 Å². The minimum absolute atomic E-state index is 0.136. The van der Waals surface area contributed by atoms with Gasteiger partial charge in [0, 0.05) is 11.0 Å². The lowest BCUT2D eigenvalue weighted by molar-refractivity contribution is 0.0720. The van der Waals surface area contributed by atoms with Gasteiger partial charge in [-0.1, -0.05) is 59.6 Å². The molecule has 1 atom stereocenters. The quantitative estimate of drug-likeness (QED) is 0.467. The van der Waals surface area contributed by atoms with Crippen LogP contribution in [0.5, 0.6) is 0 Å². The zero-order chi connectivity index (χ0) is 22.1. The second-order valence-corrected chi connectivity index (χ2v) is 8.92. The number of aryl methyl sites for hydroxylation is 1. The molecule has 1 unspecified atom stereocenters. The third-order valence-electron chi connectivity index (χ3n) is 6.09. The molecule has 0 fully saturated rings. The average Bonchev–Trinajstić information content (AvgIpc) is 3.04. The molecule has 0 radical (unpaired) electrons. The smallest absolute Gasteiger partial charge is 0.290 e. The molecule has 162 valence electrons. The lowest BCUT2D eigenvalue weighted by Crippen LogP contribution is -2.33. The van der Waals surface area contributed by atoms with Crippen molar-refractivity contribution in [2.45, 2.75) is 33.2 Å². The molecule has 2 heterocycles. The molecule has 1 amide bonds. The number of hydrogen-bond donors (Lipinski definition) is 0. The summed E-state index contributed by atoms with van der Waals surface area (Å²) in [5.41, 5.74) is 2.82. The van der Waals surface area contributed by atoms with Crippen molar-refractivity contribution >= 4 is 32.8 Å². The molecule has 0 aliphatic carbocycles. The number of nitrogens with zero attached hydrogens (tertiary/aromatic N) is 2. The van der Waals surface area contributed by atoms with Gasteiger partial charge in [0.15, 0.2) is 5.43 Å². The highest BCUT2D eigenvalue weighted by molar-refractivity contribution is 9.10. The van der Waals surface area contributed by atoms with Crippen molar-refractivity contribution in [3.05, 3.63) is 79.6 Å². The fourth-order valence-electron chi connectivity index (χ4n) is 4.32. The van der Waals surface area contributed by atoms with Crippen LogP contribution in [-0.2, 0) is 0 Å². The number of hydrogen-bond acceptors (Lipinski definition) is 4. The van der Waals surface area contributed by atoms with Gasteiger partial charge in [0.2, 0.25) is 5.76 Å². The Balaban J connectivity index is 1.80. The molecule has 4 rings (SSSR count). The van der Waals surface area contributed by atoms with Crippen LogP contribution in [-0.4, -0.2) is 41.9 Å². The molecule has 1 aliphatic rings. The monoisotopic (exact) mass is 482 g/mol. The van der Waals surface area contributed by atoms with E-state index >= 15 is 0 Å². The Morgan fingerprint density at radius 1 is 1.06 bits per heavy atom. The number of halogens is 1. The second kappa shape index (κ2) is 8.97. The topological polar surface area (TPSA) is 53.8 Å². The second-order valence-electron chi connectivity index (χ2n) is 8.01. The van der Waals surface area contributed by atoms with Gasteiger partial charge in [-0.25, -0.2) is 0 Å². The summed E-state index contributed by atoms with van der Waals surface area (Å²) in [6, 6.07) is 12.9. The summed E-state index contributed by atoms with van der Waals surface area (Å²) in [6.45, 7) is 9.74. The Labute approximate surface area is 190 Å². The summed E-state index contributed by atoms with van der Waals surface area (Å²) in [5, 5.41) is 0.489. The molecular weight excluding hydrogens is 456 g/mol. The largest absolute Gasteiger partial charge is 0.450 e. The Hall–Kier alpha value is -2.44. The van der Waals surface area contributed by atoms with Gasteiger partial charge in [-0.3, -0.25) is 9.59 Å². The summed E-state index contributed by atoms with van der Waals surface area (Å²) in [6.07, 6.45) is 0.836. The summed E-state index contributed by atoms with van der Waals surface area (Å²) in [5.74, 6) is -0.0322. The molecular formula is C25H27BrN2O3. The zero-order valence-corrected chi connectivity index (χ0v) is 19.7. The molecule has 1 aliphatic heterocycles.